The minimum Gasteiger partial charge on any atom is -0.454 e. The summed E-state index contributed by atoms with van der Waals surface area (Å²) in [6, 6.07) is 9.93. The van der Waals surface area contributed by atoms with Gasteiger partial charge in [0, 0.05) is 24.8 Å². The summed E-state index contributed by atoms with van der Waals surface area (Å²) in [5.41, 5.74) is 1.53. The standard InChI is InChI=1S/C20H15N3O5S/c1-2-9-22-15-6-5-14(23(25)26)11-18(15)29-20(22)21-19(24)8-4-13-3-7-16-17(10-13)28-12-27-16/h2-8,10-11H,1,9,12H2. The van der Waals surface area contributed by atoms with Gasteiger partial charge in [-0.3, -0.25) is 14.9 Å². The van der Waals surface area contributed by atoms with E-state index in [1.54, 1.807) is 34.9 Å². The monoisotopic (exact) mass is 409 g/mol. The molecule has 29 heavy (non-hydrogen) atoms. The molecule has 2 aromatic carbocycles. The lowest BCUT2D eigenvalue weighted by atomic mass is 10.2. The van der Waals surface area contributed by atoms with E-state index in [0.717, 1.165) is 11.1 Å². The van der Waals surface area contributed by atoms with Crippen molar-refractivity contribution in [3.8, 4) is 11.5 Å². The lowest BCUT2D eigenvalue weighted by Gasteiger charge is -2.00. The second kappa shape index (κ2) is 7.72. The highest BCUT2D eigenvalue weighted by molar-refractivity contribution is 7.16. The first-order valence-electron chi connectivity index (χ1n) is 8.60. The highest BCUT2D eigenvalue weighted by Gasteiger charge is 2.13. The van der Waals surface area contributed by atoms with Crippen LogP contribution >= 0.6 is 11.3 Å². The lowest BCUT2D eigenvalue weighted by Crippen LogP contribution is -2.15. The van der Waals surface area contributed by atoms with Crippen LogP contribution in [-0.4, -0.2) is 22.2 Å². The van der Waals surface area contributed by atoms with Gasteiger partial charge in [0.15, 0.2) is 16.3 Å². The van der Waals surface area contributed by atoms with Crippen molar-refractivity contribution in [3.63, 3.8) is 0 Å². The Labute approximate surface area is 168 Å². The molecule has 8 nitrogen and oxygen atoms in total. The zero-order valence-electron chi connectivity index (χ0n) is 15.1. The molecule has 9 heteroatoms. The summed E-state index contributed by atoms with van der Waals surface area (Å²) in [6.07, 6.45) is 4.69. The Bertz CT molecular complexity index is 1240. The second-order valence-electron chi connectivity index (χ2n) is 6.09. The van der Waals surface area contributed by atoms with E-state index in [1.807, 2.05) is 6.07 Å². The summed E-state index contributed by atoms with van der Waals surface area (Å²) < 4.78 is 13.1. The van der Waals surface area contributed by atoms with Crippen LogP contribution in [-0.2, 0) is 11.3 Å². The van der Waals surface area contributed by atoms with E-state index in [9.17, 15) is 14.9 Å². The molecule has 0 spiro atoms. The zero-order valence-corrected chi connectivity index (χ0v) is 15.9. The SMILES string of the molecule is C=CCn1c(=NC(=O)C=Cc2ccc3c(c2)OCO3)sc2cc([N+](=O)[O-])ccc21. The first-order valence-corrected chi connectivity index (χ1v) is 9.42. The maximum atomic E-state index is 12.4. The highest BCUT2D eigenvalue weighted by atomic mass is 32.1. The number of hydrogen-bond acceptors (Lipinski definition) is 6. The van der Waals surface area contributed by atoms with Gasteiger partial charge in [-0.05, 0) is 29.8 Å². The van der Waals surface area contributed by atoms with Crippen molar-refractivity contribution in [2.75, 3.05) is 6.79 Å². The van der Waals surface area contributed by atoms with Crippen LogP contribution < -0.4 is 14.3 Å². The number of thiazole rings is 1. The Morgan fingerprint density at radius 3 is 2.90 bits per heavy atom. The maximum Gasteiger partial charge on any atom is 0.272 e. The van der Waals surface area contributed by atoms with Crippen LogP contribution in [0, 0.1) is 10.1 Å². The van der Waals surface area contributed by atoms with Crippen molar-refractivity contribution in [3.05, 3.63) is 75.6 Å². The van der Waals surface area contributed by atoms with Crippen molar-refractivity contribution in [2.24, 2.45) is 4.99 Å². The van der Waals surface area contributed by atoms with Gasteiger partial charge in [0.1, 0.15) is 0 Å². The van der Waals surface area contributed by atoms with E-state index in [0.29, 0.717) is 27.5 Å². The summed E-state index contributed by atoms with van der Waals surface area (Å²) in [5, 5.41) is 11.0. The summed E-state index contributed by atoms with van der Waals surface area (Å²) in [4.78, 5) is 27.5. The number of non-ortho nitro benzene ring substituents is 1. The summed E-state index contributed by atoms with van der Waals surface area (Å²) in [7, 11) is 0. The van der Waals surface area contributed by atoms with Crippen LogP contribution in [0.15, 0.2) is 60.1 Å². The number of carbonyl (C=O) groups excluding carboxylic acids is 1. The van der Waals surface area contributed by atoms with Crippen LogP contribution in [0.1, 0.15) is 5.56 Å². The Morgan fingerprint density at radius 1 is 1.28 bits per heavy atom. The molecule has 0 aliphatic carbocycles. The minimum absolute atomic E-state index is 0.00918. The molecule has 146 valence electrons. The molecule has 0 unspecified atom stereocenters. The Morgan fingerprint density at radius 2 is 2.10 bits per heavy atom. The average Bonchev–Trinajstić information content (AvgIpc) is 3.30. The number of carbonyl (C=O) groups is 1. The van der Waals surface area contributed by atoms with Gasteiger partial charge in [-0.15, -0.1) is 6.58 Å². The smallest absolute Gasteiger partial charge is 0.272 e. The molecule has 0 atom stereocenters. The topological polar surface area (TPSA) is 96.0 Å². The van der Waals surface area contributed by atoms with Gasteiger partial charge in [0.2, 0.25) is 6.79 Å². The van der Waals surface area contributed by atoms with Crippen molar-refractivity contribution < 1.29 is 19.2 Å². The van der Waals surface area contributed by atoms with E-state index < -0.39 is 10.8 Å². The van der Waals surface area contributed by atoms with E-state index in [-0.39, 0.29) is 12.5 Å². The number of ether oxygens (including phenoxy) is 2. The number of rotatable bonds is 5. The summed E-state index contributed by atoms with van der Waals surface area (Å²) in [5.74, 6) is 0.857. The van der Waals surface area contributed by atoms with E-state index in [2.05, 4.69) is 11.6 Å². The molecule has 1 aliphatic heterocycles. The van der Waals surface area contributed by atoms with Crippen LogP contribution in [0.25, 0.3) is 16.3 Å². The van der Waals surface area contributed by atoms with E-state index >= 15 is 0 Å². The Balaban J connectivity index is 1.67. The first kappa shape index (κ1) is 18.6. The fraction of sp³-hybridized carbons (Fsp3) is 0.100. The van der Waals surface area contributed by atoms with Gasteiger partial charge in [0.25, 0.3) is 11.6 Å². The molecule has 3 aromatic rings. The third-order valence-electron chi connectivity index (χ3n) is 4.21. The van der Waals surface area contributed by atoms with Gasteiger partial charge in [-0.2, -0.15) is 4.99 Å². The number of nitrogens with zero attached hydrogens (tertiary/aromatic N) is 3. The number of aromatic nitrogens is 1. The van der Waals surface area contributed by atoms with Gasteiger partial charge in [0.05, 0.1) is 15.1 Å². The maximum absolute atomic E-state index is 12.4. The minimum atomic E-state index is -0.451. The predicted octanol–water partition coefficient (Wildman–Crippen LogP) is 3.67. The Hall–Kier alpha value is -3.72. The molecule has 2 heterocycles. The van der Waals surface area contributed by atoms with E-state index in [1.165, 1.54) is 29.5 Å². The number of allylic oxidation sites excluding steroid dienone is 1. The molecule has 0 saturated carbocycles. The third kappa shape index (κ3) is 3.81. The largest absolute Gasteiger partial charge is 0.454 e. The number of amides is 1. The summed E-state index contributed by atoms with van der Waals surface area (Å²) >= 11 is 1.21. The van der Waals surface area contributed by atoms with Crippen LogP contribution in [0.3, 0.4) is 0 Å². The van der Waals surface area contributed by atoms with Gasteiger partial charge >= 0.3 is 0 Å². The van der Waals surface area contributed by atoms with Crippen molar-refractivity contribution in [1.82, 2.24) is 4.57 Å². The van der Waals surface area contributed by atoms with Crippen LogP contribution in [0.2, 0.25) is 0 Å². The van der Waals surface area contributed by atoms with Crippen LogP contribution in [0.4, 0.5) is 5.69 Å². The molecule has 1 amide bonds. The highest BCUT2D eigenvalue weighted by Crippen LogP contribution is 2.32. The number of fused-ring (bicyclic) bond motifs is 2. The van der Waals surface area contributed by atoms with Gasteiger partial charge < -0.3 is 14.0 Å². The molecular formula is C20H15N3O5S. The van der Waals surface area contributed by atoms with E-state index in [4.69, 9.17) is 9.47 Å². The molecule has 0 radical (unpaired) electrons. The molecule has 1 aromatic heterocycles. The van der Waals surface area contributed by atoms with Crippen LogP contribution in [0.5, 0.6) is 11.5 Å². The number of benzene rings is 2. The fourth-order valence-corrected chi connectivity index (χ4v) is 3.96. The second-order valence-corrected chi connectivity index (χ2v) is 7.10. The fourth-order valence-electron chi connectivity index (χ4n) is 2.88. The predicted molar refractivity (Wildman–Crippen MR) is 109 cm³/mol. The molecule has 4 rings (SSSR count). The van der Waals surface area contributed by atoms with Gasteiger partial charge in [-0.25, -0.2) is 0 Å². The third-order valence-corrected chi connectivity index (χ3v) is 5.25. The van der Waals surface area contributed by atoms with Crippen molar-refractivity contribution >= 4 is 39.2 Å². The number of hydrogen-bond donors (Lipinski definition) is 0. The van der Waals surface area contributed by atoms with Crippen molar-refractivity contribution in [1.29, 1.82) is 0 Å². The Kier molecular flexibility index (Phi) is 4.96. The van der Waals surface area contributed by atoms with Crippen molar-refractivity contribution in [2.45, 2.75) is 6.54 Å². The quantitative estimate of drug-likeness (QED) is 0.277. The molecule has 0 N–H and O–H groups in total. The lowest BCUT2D eigenvalue weighted by molar-refractivity contribution is -0.384. The molecule has 0 bridgehead atoms. The normalized spacial score (nSPS) is 13.3. The van der Waals surface area contributed by atoms with Gasteiger partial charge in [-0.1, -0.05) is 23.5 Å². The number of nitro groups is 1. The molecular weight excluding hydrogens is 394 g/mol. The summed E-state index contributed by atoms with van der Waals surface area (Å²) in [6.45, 7) is 4.34. The average molecular weight is 409 g/mol. The molecule has 1 aliphatic rings. The molecule has 0 fully saturated rings. The first-order chi connectivity index (χ1) is 14.0. The zero-order chi connectivity index (χ0) is 20.4. The number of nitro benzene ring substituents is 1. The molecule has 0 saturated heterocycles.